The minimum atomic E-state index is -0.241. The largest absolute Gasteiger partial charge is 0.310 e. The van der Waals surface area contributed by atoms with Crippen LogP contribution in [-0.4, -0.2) is 15.8 Å². The molecule has 0 spiro atoms. The number of nitrogens with zero attached hydrogens (tertiary/aromatic N) is 4. The molecule has 97 heavy (non-hydrogen) atoms. The Balaban J connectivity index is 1.04. The molecule has 5 heteroatoms. The quantitative estimate of drug-likeness (QED) is 0.134. The Hall–Kier alpha value is -11.7. The van der Waals surface area contributed by atoms with Crippen molar-refractivity contribution in [3.8, 4) is 67.0 Å². The summed E-state index contributed by atoms with van der Waals surface area (Å²) in [7, 11) is 0. The van der Waals surface area contributed by atoms with Crippen LogP contribution in [0.15, 0.2) is 322 Å². The highest BCUT2D eigenvalue weighted by molar-refractivity contribution is 7.00. The molecule has 2 aliphatic rings. The number of anilines is 6. The molecule has 0 saturated carbocycles. The second kappa shape index (κ2) is 22.5. The first-order valence-corrected chi connectivity index (χ1v) is 34.1. The molecule has 14 aromatic carbocycles. The van der Waals surface area contributed by atoms with Gasteiger partial charge in [0.15, 0.2) is 0 Å². The minimum Gasteiger partial charge on any atom is -0.310 e. The molecule has 0 radical (unpaired) electrons. The van der Waals surface area contributed by atoms with E-state index >= 15 is 0 Å². The number of fused-ring (bicyclic) bond motifs is 10. The molecular weight excluding hydrogens is 1170 g/mol. The number of hydrogen-bond donors (Lipinski definition) is 0. The van der Waals surface area contributed by atoms with Crippen LogP contribution < -0.4 is 26.2 Å². The fourth-order valence-electron chi connectivity index (χ4n) is 15.9. The van der Waals surface area contributed by atoms with Crippen LogP contribution in [0.3, 0.4) is 0 Å². The average molecular weight is 1240 g/mol. The third-order valence-corrected chi connectivity index (χ3v) is 20.6. The molecule has 0 bridgehead atoms. The lowest BCUT2D eigenvalue weighted by atomic mass is 9.33. The molecule has 4 nitrogen and oxygen atoms in total. The molecule has 0 N–H and O–H groups in total. The van der Waals surface area contributed by atoms with Gasteiger partial charge in [0.1, 0.15) is 0 Å². The highest BCUT2D eigenvalue weighted by Crippen LogP contribution is 2.56. The predicted molar refractivity (Wildman–Crippen MR) is 414 cm³/mol. The van der Waals surface area contributed by atoms with E-state index in [-0.39, 0.29) is 17.5 Å². The van der Waals surface area contributed by atoms with E-state index in [0.717, 1.165) is 101 Å². The summed E-state index contributed by atoms with van der Waals surface area (Å²) in [5.41, 5.74) is 31.0. The zero-order valence-corrected chi connectivity index (χ0v) is 55.5. The molecule has 18 rings (SSSR count). The monoisotopic (exact) mass is 1240 g/mol. The van der Waals surface area contributed by atoms with E-state index in [0.29, 0.717) is 0 Å². The number of rotatable bonds is 9. The van der Waals surface area contributed by atoms with E-state index in [1.54, 1.807) is 0 Å². The van der Waals surface area contributed by atoms with Gasteiger partial charge in [-0.15, -0.1) is 0 Å². The molecule has 2 aromatic heterocycles. The SMILES string of the molecule is CC(C)(C)c1cc(-c2ccccc2)c(N2c3cc(-n4c5ccccc5c5ccccc54)ccc3B3c4ccc(-n5c6ccccc6c6ccccc65)cc4N(c4c(-c5ccccc5)cc(C(C)(C)C)cc4-c4ccccc4)c4cc(-c5ccccc5)cc2c43)c(-c2ccccc2)c1. The molecule has 0 aliphatic carbocycles. The number of para-hydroxylation sites is 4. The van der Waals surface area contributed by atoms with Gasteiger partial charge in [0, 0.05) is 77.9 Å². The Labute approximate surface area is 568 Å². The van der Waals surface area contributed by atoms with Crippen molar-refractivity contribution >= 4 is 101 Å². The van der Waals surface area contributed by atoms with Gasteiger partial charge >= 0.3 is 0 Å². The second-order valence-electron chi connectivity index (χ2n) is 28.4. The third kappa shape index (κ3) is 9.42. The summed E-state index contributed by atoms with van der Waals surface area (Å²) in [6, 6.07) is 121. The van der Waals surface area contributed by atoms with Gasteiger partial charge in [0.2, 0.25) is 0 Å². The minimum absolute atomic E-state index is 0.190. The van der Waals surface area contributed by atoms with Gasteiger partial charge in [-0.3, -0.25) is 0 Å². The summed E-state index contributed by atoms with van der Waals surface area (Å²) in [5, 5.41) is 4.91. The fraction of sp³-hybridized carbons (Fsp3) is 0.0870. The van der Waals surface area contributed by atoms with Crippen molar-refractivity contribution in [1.82, 2.24) is 9.13 Å². The van der Waals surface area contributed by atoms with Crippen LogP contribution in [-0.2, 0) is 10.8 Å². The molecule has 0 fully saturated rings. The smallest absolute Gasteiger partial charge is 0.252 e. The molecular formula is C92H71BN4. The van der Waals surface area contributed by atoms with E-state index in [4.69, 9.17) is 0 Å². The summed E-state index contributed by atoms with van der Waals surface area (Å²) in [6.45, 7) is 13.9. The highest BCUT2D eigenvalue weighted by Gasteiger charge is 2.46. The van der Waals surface area contributed by atoms with Crippen LogP contribution >= 0.6 is 0 Å². The Morgan fingerprint density at radius 3 is 0.825 bits per heavy atom. The molecule has 4 heterocycles. The second-order valence-corrected chi connectivity index (χ2v) is 28.4. The van der Waals surface area contributed by atoms with Gasteiger partial charge in [-0.1, -0.05) is 278 Å². The van der Waals surface area contributed by atoms with Crippen LogP contribution in [0.4, 0.5) is 34.1 Å². The van der Waals surface area contributed by atoms with E-state index in [9.17, 15) is 0 Å². The summed E-state index contributed by atoms with van der Waals surface area (Å²) < 4.78 is 4.99. The first-order valence-electron chi connectivity index (χ1n) is 34.1. The summed E-state index contributed by atoms with van der Waals surface area (Å²) in [4.78, 5) is 5.42. The van der Waals surface area contributed by atoms with Gasteiger partial charge in [0.05, 0.1) is 33.4 Å². The van der Waals surface area contributed by atoms with Gasteiger partial charge in [-0.2, -0.15) is 0 Å². The zero-order valence-electron chi connectivity index (χ0n) is 55.5. The maximum absolute atomic E-state index is 2.71. The average Bonchev–Trinajstić information content (AvgIpc) is 1.09. The van der Waals surface area contributed by atoms with E-state index in [1.807, 2.05) is 0 Å². The molecule has 2 aliphatic heterocycles. The van der Waals surface area contributed by atoms with E-state index < -0.39 is 0 Å². The molecule has 0 atom stereocenters. The molecule has 16 aromatic rings. The van der Waals surface area contributed by atoms with Crippen molar-refractivity contribution in [2.45, 2.75) is 52.4 Å². The lowest BCUT2D eigenvalue weighted by Gasteiger charge is -2.46. The standard InChI is InChI=1S/C92H71BN4/c1-91(2,3)66-54-74(61-32-14-8-15-33-61)89(75(55-66)62-34-16-9-17-35-62)96-84-58-68(94-80-44-26-22-40-70(80)71-41-23-27-45-81(71)94)48-50-78(84)93-79-51-49-69(95-82-46-28-24-42-72(82)73-43-25-29-47-83(73)95)59-85(79)97(87-53-65(52-86(96)88(87)93)60-30-12-7-13-31-60)90-76(63-36-18-10-19-37-63)56-67(92(4,5)6)57-77(90)64-38-20-11-21-39-64/h7-59H,1-6H3. The summed E-state index contributed by atoms with van der Waals surface area (Å²) in [6.07, 6.45) is 0. The van der Waals surface area contributed by atoms with Crippen LogP contribution in [0.2, 0.25) is 0 Å². The van der Waals surface area contributed by atoms with E-state index in [1.165, 1.54) is 71.1 Å². The first-order chi connectivity index (χ1) is 47.4. The van der Waals surface area contributed by atoms with Crippen molar-refractivity contribution in [3.63, 3.8) is 0 Å². The normalized spacial score (nSPS) is 12.8. The van der Waals surface area contributed by atoms with Crippen LogP contribution in [0.25, 0.3) is 111 Å². The summed E-state index contributed by atoms with van der Waals surface area (Å²) >= 11 is 0. The molecule has 0 amide bonds. The highest BCUT2D eigenvalue weighted by atomic mass is 15.2. The van der Waals surface area contributed by atoms with Crippen molar-refractivity contribution in [3.05, 3.63) is 333 Å². The van der Waals surface area contributed by atoms with Crippen molar-refractivity contribution < 1.29 is 0 Å². The van der Waals surface area contributed by atoms with Crippen LogP contribution in [0.1, 0.15) is 52.7 Å². The number of hydrogen-bond acceptors (Lipinski definition) is 2. The van der Waals surface area contributed by atoms with Crippen molar-refractivity contribution in [2.24, 2.45) is 0 Å². The molecule has 462 valence electrons. The fourth-order valence-corrected chi connectivity index (χ4v) is 15.9. The topological polar surface area (TPSA) is 16.3 Å². The first kappa shape index (κ1) is 58.0. The predicted octanol–water partition coefficient (Wildman–Crippen LogP) is 22.9. The maximum atomic E-state index is 2.71. The zero-order chi connectivity index (χ0) is 65.3. The Bertz CT molecular complexity index is 5210. The third-order valence-electron chi connectivity index (χ3n) is 20.6. The van der Waals surface area contributed by atoms with Crippen LogP contribution in [0.5, 0.6) is 0 Å². The summed E-state index contributed by atoms with van der Waals surface area (Å²) in [5.74, 6) is 0. The van der Waals surface area contributed by atoms with Crippen LogP contribution in [0, 0.1) is 0 Å². The maximum Gasteiger partial charge on any atom is 0.252 e. The van der Waals surface area contributed by atoms with E-state index in [2.05, 4.69) is 382 Å². The van der Waals surface area contributed by atoms with Gasteiger partial charge in [-0.25, -0.2) is 0 Å². The van der Waals surface area contributed by atoms with Crippen molar-refractivity contribution in [2.75, 3.05) is 9.80 Å². The van der Waals surface area contributed by atoms with Gasteiger partial charge in [0.25, 0.3) is 6.71 Å². The lowest BCUT2D eigenvalue weighted by molar-refractivity contribution is 0.590. The number of aromatic nitrogens is 2. The lowest BCUT2D eigenvalue weighted by Crippen LogP contribution is -2.61. The Morgan fingerprint density at radius 2 is 0.526 bits per heavy atom. The Kier molecular flexibility index (Phi) is 13.4. The van der Waals surface area contributed by atoms with Gasteiger partial charge < -0.3 is 18.9 Å². The molecule has 0 unspecified atom stereocenters. The van der Waals surface area contributed by atoms with Crippen molar-refractivity contribution in [1.29, 1.82) is 0 Å². The number of benzene rings is 14. The molecule has 0 saturated heterocycles. The Morgan fingerprint density at radius 1 is 0.247 bits per heavy atom. The van der Waals surface area contributed by atoms with Gasteiger partial charge in [-0.05, 0) is 157 Å².